The number of halogens is 1. The molecule has 3 fully saturated rings. The molecule has 0 radical (unpaired) electrons. The van der Waals surface area contributed by atoms with Crippen molar-refractivity contribution in [2.75, 3.05) is 38.0 Å². The molecule has 1 saturated carbocycles. The summed E-state index contributed by atoms with van der Waals surface area (Å²) in [6, 6.07) is 3.90. The number of nitrogens with one attached hydrogen (secondary N) is 1. The second-order valence-corrected chi connectivity index (χ2v) is 12.1. The molecule has 4 amide bonds. The maximum atomic E-state index is 13.1. The lowest BCUT2D eigenvalue weighted by Crippen LogP contribution is -2.53. The number of hydrogen-bond acceptors (Lipinski definition) is 4. The van der Waals surface area contributed by atoms with Crippen LogP contribution in [0.5, 0.6) is 0 Å². The molecule has 2 atom stereocenters. The minimum Gasteiger partial charge on any atom is -0.325 e. The van der Waals surface area contributed by atoms with Gasteiger partial charge in [-0.25, -0.2) is 22.3 Å². The highest BCUT2D eigenvalue weighted by atomic mass is 35.5. The Labute approximate surface area is 200 Å². The van der Waals surface area contributed by atoms with Crippen molar-refractivity contribution >= 4 is 39.4 Å². The summed E-state index contributed by atoms with van der Waals surface area (Å²) in [7, 11) is -3.96. The molecule has 2 unspecified atom stereocenters. The average molecular weight is 495 g/mol. The summed E-state index contributed by atoms with van der Waals surface area (Å²) in [5, 5.41) is 2.96. The van der Waals surface area contributed by atoms with Gasteiger partial charge in [-0.1, -0.05) is 30.9 Å². The van der Waals surface area contributed by atoms with Gasteiger partial charge in [0.05, 0.1) is 5.69 Å². The van der Waals surface area contributed by atoms with Gasteiger partial charge in [-0.15, -0.1) is 0 Å². The van der Waals surface area contributed by atoms with E-state index in [0.717, 1.165) is 29.7 Å². The van der Waals surface area contributed by atoms with Crippen LogP contribution in [-0.2, 0) is 10.0 Å². The van der Waals surface area contributed by atoms with Gasteiger partial charge in [-0.05, 0) is 61.6 Å². The summed E-state index contributed by atoms with van der Waals surface area (Å²) < 4.78 is 27.1. The van der Waals surface area contributed by atoms with Crippen molar-refractivity contribution < 1.29 is 18.0 Å². The van der Waals surface area contributed by atoms with Crippen molar-refractivity contribution in [3.63, 3.8) is 0 Å². The maximum absolute atomic E-state index is 13.1. The van der Waals surface area contributed by atoms with E-state index in [1.165, 1.54) is 37.8 Å². The number of rotatable bonds is 2. The second kappa shape index (κ2) is 8.98. The van der Waals surface area contributed by atoms with Crippen molar-refractivity contribution in [3.05, 3.63) is 23.2 Å². The first-order valence-electron chi connectivity index (χ1n) is 12.0. The summed E-state index contributed by atoms with van der Waals surface area (Å²) in [5.41, 5.74) is 0.253. The van der Waals surface area contributed by atoms with Crippen LogP contribution in [0.25, 0.3) is 0 Å². The minimum atomic E-state index is -3.96. The van der Waals surface area contributed by atoms with Gasteiger partial charge < -0.3 is 15.1 Å². The molecule has 1 N–H and O–H groups in total. The Morgan fingerprint density at radius 1 is 1.00 bits per heavy atom. The van der Waals surface area contributed by atoms with Crippen LogP contribution in [0, 0.1) is 17.8 Å². The third-order valence-corrected chi connectivity index (χ3v) is 9.87. The van der Waals surface area contributed by atoms with E-state index in [4.69, 9.17) is 11.6 Å². The molecule has 0 bridgehead atoms. The molecule has 33 heavy (non-hydrogen) atoms. The van der Waals surface area contributed by atoms with Crippen molar-refractivity contribution in [2.24, 2.45) is 17.8 Å². The smallest absolute Gasteiger partial charge is 0.325 e. The zero-order chi connectivity index (χ0) is 23.2. The third kappa shape index (κ3) is 4.41. The molecule has 0 aromatic heterocycles. The first-order chi connectivity index (χ1) is 15.8. The molecule has 1 aromatic carbocycles. The van der Waals surface area contributed by atoms with E-state index in [0.29, 0.717) is 36.9 Å². The molecule has 0 spiro atoms. The SMILES string of the molecule is O=C(N1CCC(CN2C(=O)Nc3ccc(Cl)cc3S2(=O)=O)CC1)N1CCC2CCCCC2C1. The summed E-state index contributed by atoms with van der Waals surface area (Å²) in [4.78, 5) is 29.6. The fourth-order valence-corrected chi connectivity index (χ4v) is 7.73. The number of anilines is 1. The van der Waals surface area contributed by atoms with Gasteiger partial charge in [0.2, 0.25) is 0 Å². The molecule has 1 aromatic rings. The van der Waals surface area contributed by atoms with E-state index in [1.807, 2.05) is 9.80 Å². The van der Waals surface area contributed by atoms with E-state index in [9.17, 15) is 18.0 Å². The summed E-state index contributed by atoms with van der Waals surface area (Å²) in [6.45, 7) is 3.00. The lowest BCUT2D eigenvalue weighted by Gasteiger charge is -2.44. The predicted octanol–water partition coefficient (Wildman–Crippen LogP) is 4.22. The van der Waals surface area contributed by atoms with Gasteiger partial charge in [0.1, 0.15) is 4.90 Å². The van der Waals surface area contributed by atoms with Gasteiger partial charge in [0.25, 0.3) is 10.0 Å². The van der Waals surface area contributed by atoms with Gasteiger partial charge >= 0.3 is 12.1 Å². The number of carbonyl (C=O) groups is 2. The predicted molar refractivity (Wildman–Crippen MR) is 126 cm³/mol. The molecule has 4 aliphatic rings. The first-order valence-corrected chi connectivity index (χ1v) is 13.8. The maximum Gasteiger partial charge on any atom is 0.335 e. The van der Waals surface area contributed by atoms with Crippen molar-refractivity contribution in [2.45, 2.75) is 49.8 Å². The normalized spacial score (nSPS) is 27.5. The fraction of sp³-hybridized carbons (Fsp3) is 0.652. The number of carbonyl (C=O) groups excluding carboxylic acids is 2. The van der Waals surface area contributed by atoms with Crippen LogP contribution in [0.1, 0.15) is 44.9 Å². The van der Waals surface area contributed by atoms with E-state index >= 15 is 0 Å². The topological polar surface area (TPSA) is 90.0 Å². The van der Waals surface area contributed by atoms with Crippen LogP contribution < -0.4 is 5.32 Å². The van der Waals surface area contributed by atoms with Crippen LogP contribution in [0.4, 0.5) is 15.3 Å². The van der Waals surface area contributed by atoms with Gasteiger partial charge in [0, 0.05) is 37.7 Å². The highest BCUT2D eigenvalue weighted by Crippen LogP contribution is 2.37. The largest absolute Gasteiger partial charge is 0.335 e. The van der Waals surface area contributed by atoms with Gasteiger partial charge in [0.15, 0.2) is 0 Å². The molecule has 8 nitrogen and oxygen atoms in total. The molecule has 5 rings (SSSR count). The number of hydrogen-bond donors (Lipinski definition) is 1. The zero-order valence-corrected chi connectivity index (χ0v) is 20.3. The van der Waals surface area contributed by atoms with Crippen LogP contribution in [0.3, 0.4) is 0 Å². The van der Waals surface area contributed by atoms with Gasteiger partial charge in [-0.3, -0.25) is 0 Å². The third-order valence-electron chi connectivity index (χ3n) is 7.85. The van der Waals surface area contributed by atoms with E-state index in [2.05, 4.69) is 5.32 Å². The Bertz CT molecular complexity index is 1040. The molecular weight excluding hydrogens is 464 g/mol. The van der Waals surface area contributed by atoms with Crippen LogP contribution in [0.15, 0.2) is 23.1 Å². The molecular formula is C23H31ClN4O4S. The van der Waals surface area contributed by atoms with Crippen LogP contribution in [0.2, 0.25) is 5.02 Å². The lowest BCUT2D eigenvalue weighted by molar-refractivity contribution is 0.0756. The summed E-state index contributed by atoms with van der Waals surface area (Å²) in [5.74, 6) is 1.44. The summed E-state index contributed by atoms with van der Waals surface area (Å²) >= 11 is 5.99. The highest BCUT2D eigenvalue weighted by Gasteiger charge is 2.40. The Morgan fingerprint density at radius 3 is 2.45 bits per heavy atom. The lowest BCUT2D eigenvalue weighted by atomic mass is 9.75. The van der Waals surface area contributed by atoms with E-state index in [1.54, 1.807) is 6.07 Å². The molecule has 10 heteroatoms. The van der Waals surface area contributed by atoms with Crippen LogP contribution in [-0.4, -0.2) is 67.3 Å². The van der Waals surface area contributed by atoms with E-state index < -0.39 is 16.1 Å². The average Bonchev–Trinajstić information content (AvgIpc) is 2.82. The number of urea groups is 2. The molecule has 3 aliphatic heterocycles. The second-order valence-electron chi connectivity index (χ2n) is 9.86. The highest BCUT2D eigenvalue weighted by molar-refractivity contribution is 7.90. The molecule has 1 aliphatic carbocycles. The standard InChI is InChI=1S/C23H31ClN4O4S/c24-19-5-6-20-21(13-19)33(31,32)28(22(29)25-20)14-16-7-10-26(11-8-16)23(30)27-12-9-17-3-1-2-4-18(17)15-27/h5-6,13,16-18H,1-4,7-12,14-15H2,(H,25,29). The van der Waals surface area contributed by atoms with Crippen LogP contribution >= 0.6 is 11.6 Å². The monoisotopic (exact) mass is 494 g/mol. The number of sulfonamides is 1. The zero-order valence-electron chi connectivity index (χ0n) is 18.7. The molecule has 3 heterocycles. The number of fused-ring (bicyclic) bond motifs is 2. The summed E-state index contributed by atoms with van der Waals surface area (Å²) in [6.07, 6.45) is 7.60. The van der Waals surface area contributed by atoms with Crippen molar-refractivity contribution in [3.8, 4) is 0 Å². The molecule has 180 valence electrons. The minimum absolute atomic E-state index is 0.0133. The number of likely N-dealkylation sites (tertiary alicyclic amines) is 2. The quantitative estimate of drug-likeness (QED) is 0.666. The number of benzene rings is 1. The first kappa shape index (κ1) is 22.8. The van der Waals surface area contributed by atoms with E-state index in [-0.39, 0.29) is 29.1 Å². The van der Waals surface area contributed by atoms with Crippen molar-refractivity contribution in [1.82, 2.24) is 14.1 Å². The number of amides is 4. The molecule has 2 saturated heterocycles. The Balaban J connectivity index is 1.19. The number of piperidine rings is 2. The Hall–Kier alpha value is -2.00. The van der Waals surface area contributed by atoms with Gasteiger partial charge in [-0.2, -0.15) is 0 Å². The van der Waals surface area contributed by atoms with Crippen molar-refractivity contribution in [1.29, 1.82) is 0 Å². The number of nitrogens with zero attached hydrogens (tertiary/aromatic N) is 3. The Morgan fingerprint density at radius 2 is 1.70 bits per heavy atom. The Kier molecular flexibility index (Phi) is 6.20. The fourth-order valence-electron chi connectivity index (χ4n) is 5.92.